The summed E-state index contributed by atoms with van der Waals surface area (Å²) < 4.78 is 15.2. The highest BCUT2D eigenvalue weighted by atomic mass is 79.9. The zero-order valence-electron chi connectivity index (χ0n) is 25.0. The Hall–Kier alpha value is -5.14. The lowest BCUT2D eigenvalue weighted by Crippen LogP contribution is -2.20. The summed E-state index contributed by atoms with van der Waals surface area (Å²) in [5.41, 5.74) is 8.99. The third kappa shape index (κ3) is 5.75. The Labute approximate surface area is 270 Å². The van der Waals surface area contributed by atoms with E-state index in [1.165, 1.54) is 5.56 Å². The van der Waals surface area contributed by atoms with Crippen molar-refractivity contribution in [2.24, 2.45) is 0 Å². The highest BCUT2D eigenvalue weighted by molar-refractivity contribution is 9.10. The Bertz CT molecular complexity index is 2110. The lowest BCUT2D eigenvalue weighted by Gasteiger charge is -2.27. The molecule has 0 bridgehead atoms. The van der Waals surface area contributed by atoms with Crippen molar-refractivity contribution in [1.82, 2.24) is 14.4 Å². The fraction of sp³-hybridized carbons (Fsp3) is 0.105. The van der Waals surface area contributed by atoms with Gasteiger partial charge >= 0.3 is 0 Å². The van der Waals surface area contributed by atoms with E-state index in [-0.39, 0.29) is 0 Å². The highest BCUT2D eigenvalue weighted by Crippen LogP contribution is 2.40. The second-order valence-corrected chi connectivity index (χ2v) is 11.7. The van der Waals surface area contributed by atoms with Crippen molar-refractivity contribution in [3.8, 4) is 22.8 Å². The largest absolute Gasteiger partial charge is 0.496 e. The molecule has 0 aliphatic rings. The van der Waals surface area contributed by atoms with E-state index >= 15 is 0 Å². The molecule has 0 fully saturated rings. The maximum Gasteiger partial charge on any atom is 0.160 e. The van der Waals surface area contributed by atoms with Crippen LogP contribution in [-0.2, 0) is 13.2 Å². The molecule has 0 aliphatic carbocycles. The first kappa shape index (κ1) is 28.6. The number of fused-ring (bicyclic) bond motifs is 3. The average molecular weight is 656 g/mol. The fourth-order valence-corrected chi connectivity index (χ4v) is 6.08. The zero-order valence-corrected chi connectivity index (χ0v) is 26.6. The maximum absolute atomic E-state index is 6.16. The highest BCUT2D eigenvalue weighted by Gasteiger charge is 2.24. The van der Waals surface area contributed by atoms with Crippen molar-refractivity contribution in [1.29, 1.82) is 0 Å². The van der Waals surface area contributed by atoms with Crippen LogP contribution in [0.15, 0.2) is 132 Å². The predicted octanol–water partition coefficient (Wildman–Crippen LogP) is 9.55. The van der Waals surface area contributed by atoms with Crippen LogP contribution in [0.5, 0.6) is 11.5 Å². The number of methoxy groups -OCH3 is 1. The van der Waals surface area contributed by atoms with E-state index in [1.807, 2.05) is 73.1 Å². The number of rotatable bonds is 9. The molecule has 222 valence electrons. The number of para-hydroxylation sites is 3. The van der Waals surface area contributed by atoms with Crippen LogP contribution in [0.3, 0.4) is 0 Å². The predicted molar refractivity (Wildman–Crippen MR) is 184 cm³/mol. The summed E-state index contributed by atoms with van der Waals surface area (Å²) in [4.78, 5) is 12.4. The van der Waals surface area contributed by atoms with Gasteiger partial charge in [-0.05, 0) is 64.8 Å². The minimum absolute atomic E-state index is 0.480. The van der Waals surface area contributed by atoms with Crippen LogP contribution in [0.25, 0.3) is 27.8 Å². The van der Waals surface area contributed by atoms with Gasteiger partial charge in [0.15, 0.2) is 5.82 Å². The third-order valence-corrected chi connectivity index (χ3v) is 8.58. The molecular weight excluding hydrogens is 624 g/mol. The normalized spacial score (nSPS) is 11.2. The van der Waals surface area contributed by atoms with Crippen LogP contribution in [0.1, 0.15) is 16.7 Å². The number of benzene rings is 5. The molecule has 7 heteroatoms. The van der Waals surface area contributed by atoms with Crippen molar-refractivity contribution >= 4 is 44.0 Å². The molecule has 7 rings (SSSR count). The first-order chi connectivity index (χ1) is 22.1. The number of anilines is 2. The maximum atomic E-state index is 6.16. The van der Waals surface area contributed by atoms with E-state index < -0.39 is 0 Å². The van der Waals surface area contributed by atoms with E-state index in [1.54, 1.807) is 7.11 Å². The van der Waals surface area contributed by atoms with Gasteiger partial charge in [-0.1, -0.05) is 84.4 Å². The van der Waals surface area contributed by atoms with Gasteiger partial charge in [0, 0.05) is 21.7 Å². The summed E-state index contributed by atoms with van der Waals surface area (Å²) in [5.74, 6) is 2.28. The van der Waals surface area contributed by atoms with Crippen molar-refractivity contribution in [3.05, 3.63) is 149 Å². The van der Waals surface area contributed by atoms with Gasteiger partial charge in [-0.3, -0.25) is 4.40 Å². The molecular formula is C38H31BrN4O2. The number of nitrogens with zero attached hydrogens (tertiary/aromatic N) is 4. The molecule has 0 aliphatic heterocycles. The summed E-state index contributed by atoms with van der Waals surface area (Å²) in [6, 6.07) is 41.0. The van der Waals surface area contributed by atoms with Gasteiger partial charge in [0.25, 0.3) is 0 Å². The number of ether oxygens (including phenoxy) is 2. The van der Waals surface area contributed by atoms with E-state index in [2.05, 4.69) is 86.8 Å². The van der Waals surface area contributed by atoms with Gasteiger partial charge in [-0.2, -0.15) is 0 Å². The molecule has 0 amide bonds. The second kappa shape index (κ2) is 12.5. The average Bonchev–Trinajstić information content (AvgIpc) is 3.54. The molecule has 7 aromatic rings. The van der Waals surface area contributed by atoms with Crippen molar-refractivity contribution in [2.45, 2.75) is 20.1 Å². The Kier molecular flexibility index (Phi) is 7.92. The number of aryl methyl sites for hydroxylation is 1. The van der Waals surface area contributed by atoms with E-state index in [0.717, 1.165) is 66.4 Å². The first-order valence-corrected chi connectivity index (χ1v) is 15.6. The Balaban J connectivity index is 1.35. The standard InChI is InChI=1S/C38H31BrN4O2/c1-26-16-18-27(19-17-26)24-45-30-21-20-29(35(22-30)44-2)23-42(33-14-8-6-12-31(33)39)38-37-36(28-10-4-3-5-11-28)40-25-43(37)34-15-9-7-13-32(34)41-38/h3-22,25H,23-24H2,1-2H3. The monoisotopic (exact) mass is 654 g/mol. The Morgan fingerprint density at radius 1 is 0.822 bits per heavy atom. The van der Waals surface area contributed by atoms with Crippen LogP contribution in [0.4, 0.5) is 11.5 Å². The molecule has 5 aromatic carbocycles. The minimum atomic E-state index is 0.480. The molecule has 0 unspecified atom stereocenters. The molecule has 2 heterocycles. The summed E-state index contributed by atoms with van der Waals surface area (Å²) in [5, 5.41) is 0. The van der Waals surface area contributed by atoms with E-state index in [0.29, 0.717) is 13.2 Å². The third-order valence-electron chi connectivity index (χ3n) is 7.91. The lowest BCUT2D eigenvalue weighted by molar-refractivity contribution is 0.303. The molecule has 0 spiro atoms. The second-order valence-electron chi connectivity index (χ2n) is 10.9. The van der Waals surface area contributed by atoms with Crippen molar-refractivity contribution in [3.63, 3.8) is 0 Å². The quantitative estimate of drug-likeness (QED) is 0.155. The summed E-state index contributed by atoms with van der Waals surface area (Å²) in [7, 11) is 1.70. The van der Waals surface area contributed by atoms with Crippen LogP contribution >= 0.6 is 15.9 Å². The van der Waals surface area contributed by atoms with Gasteiger partial charge in [-0.25, -0.2) is 9.97 Å². The number of imidazole rings is 1. The number of halogens is 1. The lowest BCUT2D eigenvalue weighted by atomic mass is 10.1. The van der Waals surface area contributed by atoms with Gasteiger partial charge < -0.3 is 14.4 Å². The number of hydrogen-bond donors (Lipinski definition) is 0. The van der Waals surface area contributed by atoms with Gasteiger partial charge in [0.05, 0.1) is 36.1 Å². The zero-order chi connectivity index (χ0) is 30.8. The Morgan fingerprint density at radius 2 is 1.58 bits per heavy atom. The molecule has 0 N–H and O–H groups in total. The van der Waals surface area contributed by atoms with Crippen LogP contribution in [0, 0.1) is 6.92 Å². The molecule has 0 radical (unpaired) electrons. The van der Waals surface area contributed by atoms with Crippen LogP contribution in [0.2, 0.25) is 0 Å². The molecule has 0 saturated carbocycles. The van der Waals surface area contributed by atoms with E-state index in [9.17, 15) is 0 Å². The van der Waals surface area contributed by atoms with Crippen molar-refractivity contribution in [2.75, 3.05) is 12.0 Å². The minimum Gasteiger partial charge on any atom is -0.496 e. The summed E-state index contributed by atoms with van der Waals surface area (Å²) in [6.45, 7) is 3.05. The molecule has 45 heavy (non-hydrogen) atoms. The van der Waals surface area contributed by atoms with E-state index in [4.69, 9.17) is 19.4 Å². The summed E-state index contributed by atoms with van der Waals surface area (Å²) >= 11 is 3.83. The van der Waals surface area contributed by atoms with Crippen molar-refractivity contribution < 1.29 is 9.47 Å². The molecule has 6 nitrogen and oxygen atoms in total. The number of hydrogen-bond acceptors (Lipinski definition) is 5. The van der Waals surface area contributed by atoms with Gasteiger partial charge in [0.1, 0.15) is 29.9 Å². The van der Waals surface area contributed by atoms with Gasteiger partial charge in [0.2, 0.25) is 0 Å². The van der Waals surface area contributed by atoms with Crippen LogP contribution < -0.4 is 14.4 Å². The Morgan fingerprint density at radius 3 is 2.38 bits per heavy atom. The first-order valence-electron chi connectivity index (χ1n) is 14.8. The fourth-order valence-electron chi connectivity index (χ4n) is 5.58. The molecule has 0 saturated heterocycles. The topological polar surface area (TPSA) is 51.9 Å². The SMILES string of the molecule is COc1cc(OCc2ccc(C)cc2)ccc1CN(c1ccccc1Br)c1nc2ccccc2n2cnc(-c3ccccc3)c12. The van der Waals surface area contributed by atoms with Gasteiger partial charge in [-0.15, -0.1) is 0 Å². The molecule has 2 aromatic heterocycles. The summed E-state index contributed by atoms with van der Waals surface area (Å²) in [6.07, 6.45) is 1.89. The van der Waals surface area contributed by atoms with Crippen LogP contribution in [-0.4, -0.2) is 21.5 Å². The molecule has 0 atom stereocenters. The smallest absolute Gasteiger partial charge is 0.160 e. The number of aromatic nitrogens is 3.